The van der Waals surface area contributed by atoms with Crippen molar-refractivity contribution in [2.45, 2.75) is 13.2 Å². The maximum absolute atomic E-state index is 11.8. The van der Waals surface area contributed by atoms with Crippen molar-refractivity contribution in [1.29, 1.82) is 0 Å². The summed E-state index contributed by atoms with van der Waals surface area (Å²) in [5.74, 6) is -0.204. The summed E-state index contributed by atoms with van der Waals surface area (Å²) in [5, 5.41) is 8.87. The summed E-state index contributed by atoms with van der Waals surface area (Å²) in [5.41, 5.74) is 0.0321. The van der Waals surface area contributed by atoms with Crippen LogP contribution in [0.5, 0.6) is 5.75 Å². The number of aliphatic hydroxyl groups is 1. The van der Waals surface area contributed by atoms with E-state index in [1.54, 1.807) is 0 Å². The molecule has 1 rings (SSSR count). The molecule has 0 unspecified atom stereocenters. The Morgan fingerprint density at radius 2 is 2.31 bits per heavy atom. The maximum atomic E-state index is 11.8. The highest BCUT2D eigenvalue weighted by Crippen LogP contribution is 2.22. The van der Waals surface area contributed by atoms with Crippen molar-refractivity contribution >= 4 is 11.6 Å². The fourth-order valence-electron chi connectivity index (χ4n) is 0.766. The lowest BCUT2D eigenvalue weighted by atomic mass is 10.3. The topological polar surface area (TPSA) is 42.4 Å². The third kappa shape index (κ3) is 2.78. The average molecular weight is 210 g/mol. The number of hydrogen-bond donors (Lipinski definition) is 1. The molecule has 0 aromatic carbocycles. The second-order valence-corrected chi connectivity index (χ2v) is 2.57. The number of nitrogens with zero attached hydrogens (tertiary/aromatic N) is 1. The van der Waals surface area contributed by atoms with Gasteiger partial charge < -0.3 is 9.84 Å². The number of ether oxygens (including phenoxy) is 1. The molecule has 0 aliphatic rings. The average Bonchev–Trinajstić information content (AvgIpc) is 2.03. The van der Waals surface area contributed by atoms with Crippen LogP contribution in [0.15, 0.2) is 12.3 Å². The second kappa shape index (κ2) is 4.34. The smallest absolute Gasteiger partial charge is 0.387 e. The summed E-state index contributed by atoms with van der Waals surface area (Å²) in [6.45, 7) is -3.43. The Labute approximate surface area is 77.9 Å². The van der Waals surface area contributed by atoms with Gasteiger partial charge in [-0.2, -0.15) is 8.78 Å². The van der Waals surface area contributed by atoms with E-state index in [0.29, 0.717) is 0 Å². The molecule has 3 nitrogen and oxygen atoms in total. The molecule has 0 saturated heterocycles. The molecular formula is C7H6ClF2NO2. The van der Waals surface area contributed by atoms with Gasteiger partial charge in [0, 0.05) is 12.3 Å². The first-order chi connectivity index (χ1) is 6.13. The van der Waals surface area contributed by atoms with Crippen molar-refractivity contribution in [2.75, 3.05) is 0 Å². The van der Waals surface area contributed by atoms with Crippen molar-refractivity contribution in [2.24, 2.45) is 0 Å². The highest BCUT2D eigenvalue weighted by atomic mass is 35.5. The fraction of sp³-hybridized carbons (Fsp3) is 0.286. The van der Waals surface area contributed by atoms with Crippen LogP contribution in [0, 0.1) is 0 Å². The van der Waals surface area contributed by atoms with Gasteiger partial charge in [0.2, 0.25) is 0 Å². The van der Waals surface area contributed by atoms with Crippen LogP contribution in [0.25, 0.3) is 0 Å². The van der Waals surface area contributed by atoms with Crippen LogP contribution in [0.3, 0.4) is 0 Å². The Morgan fingerprint density at radius 3 is 2.85 bits per heavy atom. The molecule has 1 N–H and O–H groups in total. The van der Waals surface area contributed by atoms with Gasteiger partial charge in [0.25, 0.3) is 0 Å². The fourth-order valence-corrected chi connectivity index (χ4v) is 0.914. The monoisotopic (exact) mass is 209 g/mol. The van der Waals surface area contributed by atoms with Gasteiger partial charge in [0.1, 0.15) is 5.69 Å². The predicted octanol–water partition coefficient (Wildman–Crippen LogP) is 1.83. The van der Waals surface area contributed by atoms with E-state index < -0.39 is 13.2 Å². The van der Waals surface area contributed by atoms with Gasteiger partial charge in [0.05, 0.1) is 11.6 Å². The lowest BCUT2D eigenvalue weighted by Crippen LogP contribution is -2.05. The Hall–Kier alpha value is -0.940. The van der Waals surface area contributed by atoms with Gasteiger partial charge in [-0.25, -0.2) is 0 Å². The third-order valence-electron chi connectivity index (χ3n) is 1.26. The Balaban J connectivity index is 2.94. The molecule has 0 spiro atoms. The third-order valence-corrected chi connectivity index (χ3v) is 1.47. The number of aromatic nitrogens is 1. The minimum Gasteiger partial charge on any atom is -0.433 e. The minimum atomic E-state index is -2.95. The van der Waals surface area contributed by atoms with Gasteiger partial charge in [0.15, 0.2) is 5.75 Å². The van der Waals surface area contributed by atoms with Gasteiger partial charge >= 0.3 is 6.61 Å². The first-order valence-corrected chi connectivity index (χ1v) is 3.71. The number of halogens is 3. The van der Waals surface area contributed by atoms with E-state index in [2.05, 4.69) is 9.72 Å². The van der Waals surface area contributed by atoms with E-state index in [4.69, 9.17) is 16.7 Å². The molecule has 0 aliphatic carbocycles. The number of aliphatic hydroxyl groups excluding tert-OH is 1. The molecule has 6 heteroatoms. The molecule has 0 bridgehead atoms. The standard InChI is InChI=1S/C7H6ClF2NO2/c8-4-1-6(13-7(9)10)5(3-12)11-2-4/h1-2,7,12H,3H2. The molecular weight excluding hydrogens is 204 g/mol. The van der Waals surface area contributed by atoms with E-state index in [1.165, 1.54) is 12.3 Å². The number of hydrogen-bond acceptors (Lipinski definition) is 3. The van der Waals surface area contributed by atoms with Gasteiger partial charge in [-0.1, -0.05) is 11.6 Å². The number of pyridine rings is 1. The summed E-state index contributed by atoms with van der Waals surface area (Å²) in [6.07, 6.45) is 1.24. The molecule has 0 saturated carbocycles. The maximum Gasteiger partial charge on any atom is 0.387 e. The summed E-state index contributed by atoms with van der Waals surface area (Å²) in [6, 6.07) is 1.17. The second-order valence-electron chi connectivity index (χ2n) is 2.13. The largest absolute Gasteiger partial charge is 0.433 e. The predicted molar refractivity (Wildman–Crippen MR) is 41.8 cm³/mol. The molecule has 0 radical (unpaired) electrons. The van der Waals surface area contributed by atoms with E-state index in [0.717, 1.165) is 0 Å². The van der Waals surface area contributed by atoms with Crippen LogP contribution in [0.1, 0.15) is 5.69 Å². The molecule has 0 atom stereocenters. The zero-order valence-corrected chi connectivity index (χ0v) is 7.13. The van der Waals surface area contributed by atoms with E-state index in [1.807, 2.05) is 0 Å². The molecule has 1 heterocycles. The van der Waals surface area contributed by atoms with Crippen LogP contribution in [0.2, 0.25) is 5.02 Å². The minimum absolute atomic E-state index is 0.0321. The Kier molecular flexibility index (Phi) is 3.39. The quantitative estimate of drug-likeness (QED) is 0.826. The highest BCUT2D eigenvalue weighted by molar-refractivity contribution is 6.30. The van der Waals surface area contributed by atoms with Crippen LogP contribution in [0.4, 0.5) is 8.78 Å². The molecule has 1 aromatic rings. The van der Waals surface area contributed by atoms with Crippen LogP contribution in [-0.2, 0) is 6.61 Å². The zero-order valence-electron chi connectivity index (χ0n) is 6.38. The first-order valence-electron chi connectivity index (χ1n) is 3.33. The van der Waals surface area contributed by atoms with Crippen LogP contribution < -0.4 is 4.74 Å². The van der Waals surface area contributed by atoms with Gasteiger partial charge in [-0.15, -0.1) is 0 Å². The zero-order chi connectivity index (χ0) is 9.84. The van der Waals surface area contributed by atoms with E-state index in [9.17, 15) is 8.78 Å². The highest BCUT2D eigenvalue weighted by Gasteiger charge is 2.10. The summed E-state index contributed by atoms with van der Waals surface area (Å²) < 4.78 is 27.7. The van der Waals surface area contributed by atoms with Gasteiger partial charge in [-0.05, 0) is 0 Å². The van der Waals surface area contributed by atoms with Gasteiger partial charge in [-0.3, -0.25) is 4.98 Å². The molecule has 13 heavy (non-hydrogen) atoms. The van der Waals surface area contributed by atoms with E-state index in [-0.39, 0.29) is 16.5 Å². The van der Waals surface area contributed by atoms with Crippen molar-refractivity contribution in [3.05, 3.63) is 23.0 Å². The summed E-state index contributed by atoms with van der Waals surface area (Å²) in [7, 11) is 0. The molecule has 0 amide bonds. The first kappa shape index (κ1) is 10.1. The van der Waals surface area contributed by atoms with Crippen LogP contribution >= 0.6 is 11.6 Å². The van der Waals surface area contributed by atoms with Crippen molar-refractivity contribution in [3.8, 4) is 5.75 Å². The van der Waals surface area contributed by atoms with Crippen LogP contribution in [-0.4, -0.2) is 16.7 Å². The SMILES string of the molecule is OCc1ncc(Cl)cc1OC(F)F. The summed E-state index contributed by atoms with van der Waals surface area (Å²) >= 11 is 5.49. The number of alkyl halides is 2. The van der Waals surface area contributed by atoms with E-state index >= 15 is 0 Å². The Morgan fingerprint density at radius 1 is 1.62 bits per heavy atom. The molecule has 0 aliphatic heterocycles. The van der Waals surface area contributed by atoms with Crippen molar-refractivity contribution in [3.63, 3.8) is 0 Å². The molecule has 72 valence electrons. The van der Waals surface area contributed by atoms with Crippen molar-refractivity contribution < 1.29 is 18.6 Å². The normalized spacial score (nSPS) is 10.5. The van der Waals surface area contributed by atoms with Crippen molar-refractivity contribution in [1.82, 2.24) is 4.98 Å². The Bertz CT molecular complexity index is 296. The molecule has 1 aromatic heterocycles. The lowest BCUT2D eigenvalue weighted by molar-refractivity contribution is -0.0512. The lowest BCUT2D eigenvalue weighted by Gasteiger charge is -2.07. The number of rotatable bonds is 3. The summed E-state index contributed by atoms with van der Waals surface area (Å²) in [4.78, 5) is 3.61. The molecule has 0 fully saturated rings.